The molecule has 1 saturated heterocycles. The smallest absolute Gasteiger partial charge is 0.323 e. The van der Waals surface area contributed by atoms with Crippen molar-refractivity contribution in [2.24, 2.45) is 5.41 Å². The molecule has 0 unspecified atom stereocenters. The lowest BCUT2D eigenvalue weighted by molar-refractivity contribution is 0.0299. The average molecular weight is 281 g/mol. The second-order valence-electron chi connectivity index (χ2n) is 5.42. The molecule has 1 aliphatic heterocycles. The van der Waals surface area contributed by atoms with Crippen molar-refractivity contribution in [2.75, 3.05) is 37.4 Å². The van der Waals surface area contributed by atoms with Gasteiger partial charge in [0, 0.05) is 19.8 Å². The highest BCUT2D eigenvalue weighted by molar-refractivity contribution is 5.32. The van der Waals surface area contributed by atoms with Gasteiger partial charge in [0.15, 0.2) is 0 Å². The maximum Gasteiger partial charge on any atom is 0.323 e. The summed E-state index contributed by atoms with van der Waals surface area (Å²) in [6.45, 7) is 7.23. The first-order chi connectivity index (χ1) is 9.61. The summed E-state index contributed by atoms with van der Waals surface area (Å²) in [5, 5.41) is 3.23. The molecule has 7 heteroatoms. The number of nitrogens with two attached hydrogens (primary N) is 1. The van der Waals surface area contributed by atoms with E-state index in [0.717, 1.165) is 39.0 Å². The van der Waals surface area contributed by atoms with Crippen molar-refractivity contribution in [2.45, 2.75) is 33.1 Å². The van der Waals surface area contributed by atoms with Crippen molar-refractivity contribution in [3.8, 4) is 6.01 Å². The molecule has 0 atom stereocenters. The summed E-state index contributed by atoms with van der Waals surface area (Å²) in [6.07, 6.45) is 2.95. The molecule has 0 spiro atoms. The van der Waals surface area contributed by atoms with Gasteiger partial charge in [-0.3, -0.25) is 0 Å². The SMILES string of the molecule is CCCOc1nc(N)nc(NCC2(C)CCOCC2)n1. The third kappa shape index (κ3) is 4.19. The Morgan fingerprint density at radius 3 is 2.75 bits per heavy atom. The molecule has 0 bridgehead atoms. The van der Waals surface area contributed by atoms with Gasteiger partial charge in [-0.15, -0.1) is 0 Å². The van der Waals surface area contributed by atoms with Crippen molar-refractivity contribution in [3.05, 3.63) is 0 Å². The Morgan fingerprint density at radius 1 is 1.30 bits per heavy atom. The van der Waals surface area contributed by atoms with E-state index in [2.05, 4.69) is 27.2 Å². The van der Waals surface area contributed by atoms with Gasteiger partial charge in [-0.05, 0) is 24.7 Å². The van der Waals surface area contributed by atoms with Crippen LogP contribution in [0.15, 0.2) is 0 Å². The van der Waals surface area contributed by atoms with Crippen molar-refractivity contribution in [1.82, 2.24) is 15.0 Å². The highest BCUT2D eigenvalue weighted by Gasteiger charge is 2.27. The Hall–Kier alpha value is -1.63. The first kappa shape index (κ1) is 14.8. The van der Waals surface area contributed by atoms with Crippen LogP contribution in [-0.2, 0) is 4.74 Å². The molecule has 20 heavy (non-hydrogen) atoms. The van der Waals surface area contributed by atoms with E-state index < -0.39 is 0 Å². The van der Waals surface area contributed by atoms with Gasteiger partial charge in [0.05, 0.1) is 6.61 Å². The number of hydrogen-bond donors (Lipinski definition) is 2. The molecule has 2 heterocycles. The summed E-state index contributed by atoms with van der Waals surface area (Å²) >= 11 is 0. The molecule has 0 saturated carbocycles. The van der Waals surface area contributed by atoms with Crippen molar-refractivity contribution in [1.29, 1.82) is 0 Å². The van der Waals surface area contributed by atoms with Crippen LogP contribution in [0, 0.1) is 5.41 Å². The second kappa shape index (κ2) is 6.69. The van der Waals surface area contributed by atoms with Gasteiger partial charge in [-0.25, -0.2) is 0 Å². The van der Waals surface area contributed by atoms with Crippen molar-refractivity contribution >= 4 is 11.9 Å². The van der Waals surface area contributed by atoms with Gasteiger partial charge in [0.25, 0.3) is 0 Å². The summed E-state index contributed by atoms with van der Waals surface area (Å²) in [4.78, 5) is 12.3. The predicted octanol–water partition coefficient (Wildman–Crippen LogP) is 1.47. The molecule has 1 aliphatic rings. The molecular weight excluding hydrogens is 258 g/mol. The molecule has 0 radical (unpaired) electrons. The molecule has 0 aromatic carbocycles. The highest BCUT2D eigenvalue weighted by Crippen LogP contribution is 2.29. The molecule has 112 valence electrons. The van der Waals surface area contributed by atoms with Crippen LogP contribution in [0.4, 0.5) is 11.9 Å². The third-order valence-electron chi connectivity index (χ3n) is 3.44. The third-order valence-corrected chi connectivity index (χ3v) is 3.44. The van der Waals surface area contributed by atoms with Crippen molar-refractivity contribution < 1.29 is 9.47 Å². The van der Waals surface area contributed by atoms with E-state index in [1.54, 1.807) is 0 Å². The Labute approximate surface area is 119 Å². The number of anilines is 2. The summed E-state index contributed by atoms with van der Waals surface area (Å²) in [7, 11) is 0. The van der Waals surface area contributed by atoms with Gasteiger partial charge in [-0.2, -0.15) is 15.0 Å². The van der Waals surface area contributed by atoms with Crippen molar-refractivity contribution in [3.63, 3.8) is 0 Å². The van der Waals surface area contributed by atoms with Gasteiger partial charge in [0.2, 0.25) is 11.9 Å². The van der Waals surface area contributed by atoms with Crippen LogP contribution in [0.25, 0.3) is 0 Å². The first-order valence-corrected chi connectivity index (χ1v) is 7.07. The number of hydrogen-bond acceptors (Lipinski definition) is 7. The van der Waals surface area contributed by atoms with E-state index in [1.165, 1.54) is 0 Å². The molecule has 3 N–H and O–H groups in total. The van der Waals surface area contributed by atoms with E-state index in [9.17, 15) is 0 Å². The Balaban J connectivity index is 1.96. The van der Waals surface area contributed by atoms with Crippen LogP contribution in [0.3, 0.4) is 0 Å². The number of nitrogen functional groups attached to an aromatic ring is 1. The summed E-state index contributed by atoms with van der Waals surface area (Å²) in [6, 6.07) is 0.277. The molecule has 0 amide bonds. The van der Waals surface area contributed by atoms with E-state index in [1.807, 2.05) is 6.92 Å². The van der Waals surface area contributed by atoms with Crippen LogP contribution in [-0.4, -0.2) is 41.3 Å². The van der Waals surface area contributed by atoms with Crippen LogP contribution in [0.2, 0.25) is 0 Å². The highest BCUT2D eigenvalue weighted by atomic mass is 16.5. The molecule has 1 fully saturated rings. The zero-order valence-corrected chi connectivity index (χ0v) is 12.2. The number of rotatable bonds is 6. The molecule has 0 aliphatic carbocycles. The van der Waals surface area contributed by atoms with Crippen LogP contribution in [0.1, 0.15) is 33.1 Å². The summed E-state index contributed by atoms with van der Waals surface area (Å²) in [5.41, 5.74) is 5.87. The zero-order chi connectivity index (χ0) is 14.4. The molecule has 1 aromatic rings. The molecule has 1 aromatic heterocycles. The lowest BCUT2D eigenvalue weighted by atomic mass is 9.82. The Morgan fingerprint density at radius 2 is 2.05 bits per heavy atom. The van der Waals surface area contributed by atoms with Crippen LogP contribution < -0.4 is 15.8 Å². The number of aromatic nitrogens is 3. The molecule has 7 nitrogen and oxygen atoms in total. The largest absolute Gasteiger partial charge is 0.463 e. The Bertz CT molecular complexity index is 435. The lowest BCUT2D eigenvalue weighted by Crippen LogP contribution is -2.33. The maximum absolute atomic E-state index is 5.67. The van der Waals surface area contributed by atoms with Gasteiger partial charge in [0.1, 0.15) is 0 Å². The quantitative estimate of drug-likeness (QED) is 0.815. The number of nitrogens with zero attached hydrogens (tertiary/aromatic N) is 3. The standard InChI is InChI=1S/C13H23N5O2/c1-3-6-20-12-17-10(14)16-11(18-12)15-9-13(2)4-7-19-8-5-13/h3-9H2,1-2H3,(H3,14,15,16,17,18). The van der Waals surface area contributed by atoms with E-state index >= 15 is 0 Å². The van der Waals surface area contributed by atoms with Gasteiger partial charge < -0.3 is 20.5 Å². The van der Waals surface area contributed by atoms with Crippen LogP contribution >= 0.6 is 0 Å². The van der Waals surface area contributed by atoms with E-state index in [4.69, 9.17) is 15.2 Å². The maximum atomic E-state index is 5.67. The number of ether oxygens (including phenoxy) is 2. The second-order valence-corrected chi connectivity index (χ2v) is 5.42. The van der Waals surface area contributed by atoms with Gasteiger partial charge in [-0.1, -0.05) is 13.8 Å². The van der Waals surface area contributed by atoms with E-state index in [-0.39, 0.29) is 17.4 Å². The minimum Gasteiger partial charge on any atom is -0.463 e. The fraction of sp³-hybridized carbons (Fsp3) is 0.769. The fourth-order valence-corrected chi connectivity index (χ4v) is 2.04. The summed E-state index contributed by atoms with van der Waals surface area (Å²) in [5.74, 6) is 0.641. The first-order valence-electron chi connectivity index (χ1n) is 7.07. The minimum atomic E-state index is 0.172. The normalized spacial score (nSPS) is 17.7. The predicted molar refractivity (Wildman–Crippen MR) is 76.7 cm³/mol. The lowest BCUT2D eigenvalue weighted by Gasteiger charge is -2.33. The summed E-state index contributed by atoms with van der Waals surface area (Å²) < 4.78 is 10.8. The molecular formula is C13H23N5O2. The van der Waals surface area contributed by atoms with Crippen LogP contribution in [0.5, 0.6) is 6.01 Å². The topological polar surface area (TPSA) is 95.2 Å². The Kier molecular flexibility index (Phi) is 4.94. The van der Waals surface area contributed by atoms with E-state index in [0.29, 0.717) is 12.6 Å². The monoisotopic (exact) mass is 281 g/mol. The molecule has 2 rings (SSSR count). The zero-order valence-electron chi connectivity index (χ0n) is 12.2. The fourth-order valence-electron chi connectivity index (χ4n) is 2.04. The minimum absolute atomic E-state index is 0.172. The number of nitrogens with one attached hydrogen (secondary N) is 1. The van der Waals surface area contributed by atoms with Gasteiger partial charge >= 0.3 is 6.01 Å². The average Bonchev–Trinajstić information content (AvgIpc) is 2.43.